The molecule has 0 aliphatic heterocycles. The lowest BCUT2D eigenvalue weighted by molar-refractivity contribution is 0.748. The summed E-state index contributed by atoms with van der Waals surface area (Å²) in [5.41, 5.74) is 11.8. The molecule has 0 aliphatic rings. The molecular formula is C21H20IN3. The van der Waals surface area contributed by atoms with Gasteiger partial charge < -0.3 is 10.7 Å². The van der Waals surface area contributed by atoms with Gasteiger partial charge in [0.1, 0.15) is 0 Å². The van der Waals surface area contributed by atoms with Gasteiger partial charge in [-0.15, -0.1) is 0 Å². The first kappa shape index (κ1) is 16.5. The van der Waals surface area contributed by atoms with Crippen LogP contribution in [0.25, 0.3) is 33.1 Å². The van der Waals surface area contributed by atoms with Gasteiger partial charge in [-0.2, -0.15) is 0 Å². The second-order valence-corrected chi connectivity index (χ2v) is 7.54. The number of hydrogen-bond acceptors (Lipinski definition) is 2. The van der Waals surface area contributed by atoms with Gasteiger partial charge in [-0.3, -0.25) is 4.98 Å². The molecule has 0 radical (unpaired) electrons. The summed E-state index contributed by atoms with van der Waals surface area (Å²) >= 11 is 2.38. The molecule has 0 amide bonds. The molecule has 0 atom stereocenters. The molecule has 0 bridgehead atoms. The fourth-order valence-electron chi connectivity index (χ4n) is 3.48. The average Bonchev–Trinajstić information content (AvgIpc) is 2.99. The van der Waals surface area contributed by atoms with E-state index in [1.54, 1.807) is 0 Å². The van der Waals surface area contributed by atoms with Crippen LogP contribution in [0.4, 0.5) is 0 Å². The molecule has 3 nitrogen and oxygen atoms in total. The lowest BCUT2D eigenvalue weighted by Gasteiger charge is -2.08. The molecule has 0 spiro atoms. The van der Waals surface area contributed by atoms with Crippen LogP contribution in [0.2, 0.25) is 0 Å². The number of halogens is 1. The van der Waals surface area contributed by atoms with Crippen LogP contribution in [0.15, 0.2) is 54.7 Å². The zero-order valence-electron chi connectivity index (χ0n) is 13.9. The molecule has 0 aliphatic carbocycles. The predicted octanol–water partition coefficient (Wildman–Crippen LogP) is 5.27. The number of H-pyrrole nitrogens is 1. The van der Waals surface area contributed by atoms with Gasteiger partial charge in [0.15, 0.2) is 0 Å². The van der Waals surface area contributed by atoms with Gasteiger partial charge in [0.25, 0.3) is 0 Å². The quantitative estimate of drug-likeness (QED) is 0.328. The van der Waals surface area contributed by atoms with Crippen LogP contribution in [-0.4, -0.2) is 16.5 Å². The van der Waals surface area contributed by atoms with Crippen molar-refractivity contribution in [2.45, 2.75) is 19.3 Å². The lowest BCUT2D eigenvalue weighted by Crippen LogP contribution is -1.99. The third-order valence-corrected chi connectivity index (χ3v) is 5.34. The van der Waals surface area contributed by atoms with Crippen LogP contribution >= 0.6 is 22.6 Å². The first-order chi connectivity index (χ1) is 12.3. The van der Waals surface area contributed by atoms with E-state index in [0.717, 1.165) is 31.3 Å². The van der Waals surface area contributed by atoms with Crippen molar-refractivity contribution in [2.24, 2.45) is 5.73 Å². The smallest absolute Gasteiger partial charge is 0.0708 e. The van der Waals surface area contributed by atoms with Crippen LogP contribution in [-0.2, 0) is 6.42 Å². The Balaban J connectivity index is 1.94. The van der Waals surface area contributed by atoms with Gasteiger partial charge in [-0.25, -0.2) is 0 Å². The van der Waals surface area contributed by atoms with Crippen molar-refractivity contribution in [3.63, 3.8) is 0 Å². The minimum Gasteiger partial charge on any atom is -0.354 e. The molecule has 0 saturated carbocycles. The monoisotopic (exact) mass is 441 g/mol. The van der Waals surface area contributed by atoms with Gasteiger partial charge in [-0.05, 0) is 84.3 Å². The highest BCUT2D eigenvalue weighted by Crippen LogP contribution is 2.35. The van der Waals surface area contributed by atoms with Crippen LogP contribution < -0.4 is 5.73 Å². The van der Waals surface area contributed by atoms with Gasteiger partial charge in [-0.1, -0.05) is 18.2 Å². The number of nitrogens with zero attached hydrogens (tertiary/aromatic N) is 1. The predicted molar refractivity (Wildman–Crippen MR) is 114 cm³/mol. The highest BCUT2D eigenvalue weighted by atomic mass is 127. The summed E-state index contributed by atoms with van der Waals surface area (Å²) in [5.74, 6) is 0. The standard InChI is InChI=1S/C21H20IN3/c22-14-9-10-20-18(13-14)17(5-1-2-11-23)21(25-20)16-6-3-8-19-15(16)7-4-12-24-19/h3-4,6-10,12-13,25H,1-2,5,11,23H2. The number of nitrogens with one attached hydrogen (secondary N) is 1. The fourth-order valence-corrected chi connectivity index (χ4v) is 3.97. The van der Waals surface area contributed by atoms with Crippen LogP contribution in [0.5, 0.6) is 0 Å². The Kier molecular flexibility index (Phi) is 4.72. The minimum atomic E-state index is 0.743. The lowest BCUT2D eigenvalue weighted by atomic mass is 9.98. The first-order valence-electron chi connectivity index (χ1n) is 8.62. The maximum atomic E-state index is 5.71. The van der Waals surface area contributed by atoms with Gasteiger partial charge in [0, 0.05) is 31.6 Å². The number of aryl methyl sites for hydroxylation is 1. The molecule has 0 saturated heterocycles. The summed E-state index contributed by atoms with van der Waals surface area (Å²) in [4.78, 5) is 8.17. The van der Waals surface area contributed by atoms with E-state index in [9.17, 15) is 0 Å². The van der Waals surface area contributed by atoms with E-state index in [1.165, 1.54) is 36.7 Å². The average molecular weight is 441 g/mol. The third-order valence-electron chi connectivity index (χ3n) is 4.66. The molecule has 2 heterocycles. The highest BCUT2D eigenvalue weighted by molar-refractivity contribution is 14.1. The van der Waals surface area contributed by atoms with Crippen molar-refractivity contribution in [1.29, 1.82) is 0 Å². The molecule has 2 aromatic carbocycles. The van der Waals surface area contributed by atoms with Gasteiger partial charge in [0.2, 0.25) is 0 Å². The Labute approximate surface area is 160 Å². The normalized spacial score (nSPS) is 11.4. The number of fused-ring (bicyclic) bond motifs is 2. The number of nitrogens with two attached hydrogens (primary N) is 1. The number of unbranched alkanes of at least 4 members (excludes halogenated alkanes) is 1. The fraction of sp³-hybridized carbons (Fsp3) is 0.190. The van der Waals surface area contributed by atoms with Crippen LogP contribution in [0, 0.1) is 3.57 Å². The Hall–Kier alpha value is -1.92. The molecule has 2 aromatic heterocycles. The van der Waals surface area contributed by atoms with E-state index >= 15 is 0 Å². The topological polar surface area (TPSA) is 54.7 Å². The molecule has 3 N–H and O–H groups in total. The maximum absolute atomic E-state index is 5.71. The maximum Gasteiger partial charge on any atom is 0.0708 e. The Morgan fingerprint density at radius 3 is 2.80 bits per heavy atom. The van der Waals surface area contributed by atoms with Crippen molar-refractivity contribution in [3.8, 4) is 11.3 Å². The molecule has 4 rings (SSSR count). The van der Waals surface area contributed by atoms with Gasteiger partial charge in [0.05, 0.1) is 11.2 Å². The van der Waals surface area contributed by atoms with Crippen molar-refractivity contribution in [2.75, 3.05) is 6.54 Å². The zero-order chi connectivity index (χ0) is 17.2. The van der Waals surface area contributed by atoms with Crippen molar-refractivity contribution >= 4 is 44.4 Å². The zero-order valence-corrected chi connectivity index (χ0v) is 16.1. The van der Waals surface area contributed by atoms with E-state index in [1.807, 2.05) is 12.3 Å². The summed E-state index contributed by atoms with van der Waals surface area (Å²) < 4.78 is 1.26. The van der Waals surface area contributed by atoms with E-state index in [4.69, 9.17) is 5.73 Å². The van der Waals surface area contributed by atoms with Crippen LogP contribution in [0.1, 0.15) is 18.4 Å². The molecule has 0 unspecified atom stereocenters. The molecular weight excluding hydrogens is 421 g/mol. The summed E-state index contributed by atoms with van der Waals surface area (Å²) in [7, 11) is 0. The van der Waals surface area contributed by atoms with Crippen molar-refractivity contribution in [3.05, 3.63) is 63.9 Å². The Bertz CT molecular complexity index is 1030. The third kappa shape index (κ3) is 3.16. The summed E-state index contributed by atoms with van der Waals surface area (Å²) in [6.45, 7) is 0.743. The van der Waals surface area contributed by atoms with Gasteiger partial charge >= 0.3 is 0 Å². The Morgan fingerprint density at radius 1 is 1.00 bits per heavy atom. The number of hydrogen-bond donors (Lipinski definition) is 2. The van der Waals surface area contributed by atoms with E-state index in [0.29, 0.717) is 0 Å². The SMILES string of the molecule is NCCCCc1c(-c2cccc3ncccc23)[nH]c2ccc(I)cc12. The largest absolute Gasteiger partial charge is 0.354 e. The molecule has 25 heavy (non-hydrogen) atoms. The summed E-state index contributed by atoms with van der Waals surface area (Å²) in [6, 6.07) is 17.1. The summed E-state index contributed by atoms with van der Waals surface area (Å²) in [5, 5.41) is 2.51. The van der Waals surface area contributed by atoms with Crippen molar-refractivity contribution < 1.29 is 0 Å². The molecule has 126 valence electrons. The number of aromatic nitrogens is 2. The number of rotatable bonds is 5. The second kappa shape index (κ2) is 7.14. The summed E-state index contributed by atoms with van der Waals surface area (Å²) in [6.07, 6.45) is 5.03. The van der Waals surface area contributed by atoms with E-state index < -0.39 is 0 Å². The van der Waals surface area contributed by atoms with E-state index in [2.05, 4.69) is 75.0 Å². The van der Waals surface area contributed by atoms with E-state index in [-0.39, 0.29) is 0 Å². The van der Waals surface area contributed by atoms with Crippen LogP contribution in [0.3, 0.4) is 0 Å². The second-order valence-electron chi connectivity index (χ2n) is 6.29. The Morgan fingerprint density at radius 2 is 1.92 bits per heavy atom. The first-order valence-corrected chi connectivity index (χ1v) is 9.70. The number of pyridine rings is 1. The molecule has 4 aromatic rings. The molecule has 0 fully saturated rings. The number of aromatic amines is 1. The van der Waals surface area contributed by atoms with Crippen molar-refractivity contribution in [1.82, 2.24) is 9.97 Å². The molecule has 4 heteroatoms. The highest BCUT2D eigenvalue weighted by Gasteiger charge is 2.15. The minimum absolute atomic E-state index is 0.743. The number of benzene rings is 2.